The molecule has 4 nitrogen and oxygen atoms in total. The van der Waals surface area contributed by atoms with E-state index in [-0.39, 0.29) is 5.91 Å². The number of terminal acetylenes is 1. The van der Waals surface area contributed by atoms with E-state index in [4.69, 9.17) is 12.2 Å². The Balaban J connectivity index is 1.80. The summed E-state index contributed by atoms with van der Waals surface area (Å²) in [6, 6.07) is 15.6. The number of rotatable bonds is 2. The highest BCUT2D eigenvalue weighted by Crippen LogP contribution is 2.31. The second kappa shape index (κ2) is 6.38. The molecule has 0 spiro atoms. The first-order valence-corrected chi connectivity index (χ1v) is 8.40. The molecule has 1 amide bonds. The van der Waals surface area contributed by atoms with Crippen LogP contribution in [0, 0.1) is 12.3 Å². The SMILES string of the molecule is C#Cc1cccc(-c2cnc(N)c(-c3ccc4c(c3)CCNC4=O)c2)c1. The maximum atomic E-state index is 11.9. The summed E-state index contributed by atoms with van der Waals surface area (Å²) < 4.78 is 0. The third kappa shape index (κ3) is 2.80. The van der Waals surface area contributed by atoms with Crippen LogP contribution in [-0.2, 0) is 6.42 Å². The van der Waals surface area contributed by atoms with Crippen LogP contribution < -0.4 is 11.1 Å². The highest BCUT2D eigenvalue weighted by molar-refractivity contribution is 5.97. The summed E-state index contributed by atoms with van der Waals surface area (Å²) in [5.74, 6) is 3.09. The van der Waals surface area contributed by atoms with Crippen molar-refractivity contribution in [3.63, 3.8) is 0 Å². The molecule has 2 heterocycles. The lowest BCUT2D eigenvalue weighted by Gasteiger charge is -2.18. The molecular formula is C22H17N3O. The van der Waals surface area contributed by atoms with Crippen molar-refractivity contribution in [2.24, 2.45) is 0 Å². The minimum atomic E-state index is -0.0243. The van der Waals surface area contributed by atoms with Crippen molar-refractivity contribution in [3.8, 4) is 34.6 Å². The number of amides is 1. The highest BCUT2D eigenvalue weighted by atomic mass is 16.1. The van der Waals surface area contributed by atoms with Gasteiger partial charge in [-0.15, -0.1) is 6.42 Å². The van der Waals surface area contributed by atoms with Crippen LogP contribution in [0.3, 0.4) is 0 Å². The molecule has 0 radical (unpaired) electrons. The average molecular weight is 339 g/mol. The molecule has 1 aromatic heterocycles. The van der Waals surface area contributed by atoms with E-state index < -0.39 is 0 Å². The van der Waals surface area contributed by atoms with E-state index in [0.717, 1.165) is 45.4 Å². The second-order valence-electron chi connectivity index (χ2n) is 6.26. The first-order valence-electron chi connectivity index (χ1n) is 8.40. The molecule has 0 unspecified atom stereocenters. The van der Waals surface area contributed by atoms with Gasteiger partial charge in [-0.1, -0.05) is 30.2 Å². The summed E-state index contributed by atoms with van der Waals surface area (Å²) >= 11 is 0. The molecule has 4 heteroatoms. The number of pyridine rings is 1. The van der Waals surface area contributed by atoms with E-state index in [9.17, 15) is 4.79 Å². The number of nitrogens with one attached hydrogen (secondary N) is 1. The van der Waals surface area contributed by atoms with Crippen LogP contribution in [0.2, 0.25) is 0 Å². The lowest BCUT2D eigenvalue weighted by Crippen LogP contribution is -2.31. The van der Waals surface area contributed by atoms with Gasteiger partial charge in [0.2, 0.25) is 0 Å². The number of fused-ring (bicyclic) bond motifs is 1. The zero-order valence-electron chi connectivity index (χ0n) is 14.1. The number of hydrogen-bond acceptors (Lipinski definition) is 3. The quantitative estimate of drug-likeness (QED) is 0.704. The Morgan fingerprint density at radius 2 is 1.92 bits per heavy atom. The third-order valence-electron chi connectivity index (χ3n) is 4.62. The Bertz CT molecular complexity index is 1060. The van der Waals surface area contributed by atoms with Crippen molar-refractivity contribution < 1.29 is 4.79 Å². The predicted octanol–water partition coefficient (Wildman–Crippen LogP) is 3.27. The van der Waals surface area contributed by atoms with Crippen molar-refractivity contribution in [2.75, 3.05) is 12.3 Å². The van der Waals surface area contributed by atoms with E-state index in [0.29, 0.717) is 12.4 Å². The molecule has 1 aliphatic heterocycles. The van der Waals surface area contributed by atoms with Gasteiger partial charge in [-0.05, 0) is 47.4 Å². The summed E-state index contributed by atoms with van der Waals surface area (Å²) in [5, 5.41) is 2.86. The summed E-state index contributed by atoms with van der Waals surface area (Å²) in [4.78, 5) is 16.3. The van der Waals surface area contributed by atoms with E-state index in [2.05, 4.69) is 16.2 Å². The Hall–Kier alpha value is -3.58. The van der Waals surface area contributed by atoms with Crippen LogP contribution in [-0.4, -0.2) is 17.4 Å². The first kappa shape index (κ1) is 15.9. The predicted molar refractivity (Wildman–Crippen MR) is 103 cm³/mol. The van der Waals surface area contributed by atoms with E-state index in [1.807, 2.05) is 48.5 Å². The number of carbonyl (C=O) groups excluding carboxylic acids is 1. The number of aromatic nitrogens is 1. The lowest BCUT2D eigenvalue weighted by atomic mass is 9.94. The van der Waals surface area contributed by atoms with Crippen molar-refractivity contribution in [1.29, 1.82) is 0 Å². The van der Waals surface area contributed by atoms with Gasteiger partial charge in [-0.3, -0.25) is 4.79 Å². The maximum Gasteiger partial charge on any atom is 0.251 e. The summed E-state index contributed by atoms with van der Waals surface area (Å²) in [5.41, 5.74) is 12.5. The molecule has 2 aromatic carbocycles. The highest BCUT2D eigenvalue weighted by Gasteiger charge is 2.17. The van der Waals surface area contributed by atoms with Gasteiger partial charge in [-0.25, -0.2) is 4.98 Å². The molecule has 3 N–H and O–H groups in total. The topological polar surface area (TPSA) is 68.0 Å². The van der Waals surface area contributed by atoms with Gasteiger partial charge in [0.25, 0.3) is 5.91 Å². The lowest BCUT2D eigenvalue weighted by molar-refractivity contribution is 0.0946. The smallest absolute Gasteiger partial charge is 0.251 e. The third-order valence-corrected chi connectivity index (χ3v) is 4.62. The van der Waals surface area contributed by atoms with Crippen molar-refractivity contribution in [1.82, 2.24) is 10.3 Å². The van der Waals surface area contributed by atoms with Crippen LogP contribution >= 0.6 is 0 Å². The molecule has 26 heavy (non-hydrogen) atoms. The van der Waals surface area contributed by atoms with E-state index >= 15 is 0 Å². The zero-order valence-corrected chi connectivity index (χ0v) is 14.1. The number of nitrogens with two attached hydrogens (primary N) is 1. The molecule has 3 aromatic rings. The fourth-order valence-electron chi connectivity index (χ4n) is 3.25. The number of hydrogen-bond donors (Lipinski definition) is 2. The number of carbonyl (C=O) groups is 1. The molecule has 0 saturated heterocycles. The van der Waals surface area contributed by atoms with Gasteiger partial charge >= 0.3 is 0 Å². The van der Waals surface area contributed by atoms with Crippen LogP contribution in [0.25, 0.3) is 22.3 Å². The van der Waals surface area contributed by atoms with Crippen LogP contribution in [0.4, 0.5) is 5.82 Å². The molecule has 4 rings (SSSR count). The number of anilines is 1. The second-order valence-corrected chi connectivity index (χ2v) is 6.26. The maximum absolute atomic E-state index is 11.9. The van der Waals surface area contributed by atoms with Crippen LogP contribution in [0.15, 0.2) is 54.7 Å². The molecule has 1 aliphatic rings. The Kier molecular flexibility index (Phi) is 3.91. The van der Waals surface area contributed by atoms with Crippen molar-refractivity contribution in [3.05, 3.63) is 71.4 Å². The number of nitrogen functional groups attached to an aromatic ring is 1. The van der Waals surface area contributed by atoms with Gasteiger partial charge in [0.15, 0.2) is 0 Å². The Labute approximate surface area is 152 Å². The monoisotopic (exact) mass is 339 g/mol. The van der Waals surface area contributed by atoms with E-state index in [1.54, 1.807) is 6.20 Å². The number of benzene rings is 2. The van der Waals surface area contributed by atoms with Gasteiger partial charge in [0.05, 0.1) is 0 Å². The van der Waals surface area contributed by atoms with Gasteiger partial charge in [-0.2, -0.15) is 0 Å². The largest absolute Gasteiger partial charge is 0.383 e. The van der Waals surface area contributed by atoms with Crippen molar-refractivity contribution >= 4 is 11.7 Å². The van der Waals surface area contributed by atoms with Crippen molar-refractivity contribution in [2.45, 2.75) is 6.42 Å². The first-order chi connectivity index (χ1) is 12.7. The molecule has 0 bridgehead atoms. The Morgan fingerprint density at radius 1 is 1.04 bits per heavy atom. The van der Waals surface area contributed by atoms with E-state index in [1.165, 1.54) is 0 Å². The minimum Gasteiger partial charge on any atom is -0.383 e. The van der Waals surface area contributed by atoms with Crippen LogP contribution in [0.1, 0.15) is 21.5 Å². The molecular weight excluding hydrogens is 322 g/mol. The summed E-state index contributed by atoms with van der Waals surface area (Å²) in [7, 11) is 0. The minimum absolute atomic E-state index is 0.0243. The standard InChI is InChI=1S/C22H17N3O/c1-2-14-4-3-5-15(10-14)18-12-20(21(23)25-13-18)16-6-7-19-17(11-16)8-9-24-22(19)26/h1,3-7,10-13H,8-9H2,(H2,23,25)(H,24,26). The summed E-state index contributed by atoms with van der Waals surface area (Å²) in [6.45, 7) is 0.655. The van der Waals surface area contributed by atoms with Crippen LogP contribution in [0.5, 0.6) is 0 Å². The van der Waals surface area contributed by atoms with Gasteiger partial charge in [0.1, 0.15) is 5.82 Å². The Morgan fingerprint density at radius 3 is 2.77 bits per heavy atom. The number of nitrogens with zero attached hydrogens (tertiary/aromatic N) is 1. The summed E-state index contributed by atoms with van der Waals surface area (Å²) in [6.07, 6.45) is 8.06. The molecule has 0 fully saturated rings. The average Bonchev–Trinajstić information content (AvgIpc) is 2.68. The van der Waals surface area contributed by atoms with Gasteiger partial charge in [0, 0.05) is 35.0 Å². The van der Waals surface area contributed by atoms with Gasteiger partial charge < -0.3 is 11.1 Å². The normalized spacial score (nSPS) is 12.8. The fraction of sp³-hybridized carbons (Fsp3) is 0.0909. The molecule has 0 atom stereocenters. The molecule has 0 aliphatic carbocycles. The molecule has 0 saturated carbocycles. The fourth-order valence-corrected chi connectivity index (χ4v) is 3.25. The zero-order chi connectivity index (χ0) is 18.1. The molecule has 126 valence electrons.